The first-order valence-electron chi connectivity index (χ1n) is 19.2. The number of halogens is 4. The number of hydrogen-bond acceptors (Lipinski definition) is 13. The summed E-state index contributed by atoms with van der Waals surface area (Å²) in [6.07, 6.45) is 1.99. The van der Waals surface area contributed by atoms with E-state index in [1.165, 1.54) is 25.5 Å². The number of benzene rings is 2. The molecule has 0 aliphatic carbocycles. The Morgan fingerprint density at radius 1 is 0.932 bits per heavy atom. The number of amides is 2. The quantitative estimate of drug-likeness (QED) is 0.135. The Kier molecular flexibility index (Phi) is 12.3. The molecule has 2 aromatic heterocycles. The molecule has 1 unspecified atom stereocenters. The van der Waals surface area contributed by atoms with Crippen LogP contribution < -0.4 is 25.2 Å². The van der Waals surface area contributed by atoms with Crippen LogP contribution in [0.3, 0.4) is 0 Å². The average molecular weight is 840 g/mol. The smallest absolute Gasteiger partial charge is 0.371 e. The first-order valence-corrected chi connectivity index (χ1v) is 21.1. The van der Waals surface area contributed by atoms with Gasteiger partial charge in [-0.05, 0) is 55.2 Å². The Bertz CT molecular complexity index is 2270. The van der Waals surface area contributed by atoms with Gasteiger partial charge in [0.15, 0.2) is 5.82 Å². The van der Waals surface area contributed by atoms with Crippen LogP contribution in [0.1, 0.15) is 54.0 Å². The highest BCUT2D eigenvalue weighted by atomic mass is 32.2. The number of nitrogens with zero attached hydrogens (tertiary/aromatic N) is 8. The number of imide groups is 1. The highest BCUT2D eigenvalue weighted by molar-refractivity contribution is 7.92. The minimum absolute atomic E-state index is 0.0310. The van der Waals surface area contributed by atoms with Crippen molar-refractivity contribution in [2.45, 2.75) is 56.9 Å². The Labute approximate surface area is 339 Å². The summed E-state index contributed by atoms with van der Waals surface area (Å²) in [7, 11) is -2.43. The van der Waals surface area contributed by atoms with Crippen LogP contribution in [0.2, 0.25) is 0 Å². The Morgan fingerprint density at radius 3 is 2.31 bits per heavy atom. The lowest BCUT2D eigenvalue weighted by atomic mass is 9.89. The van der Waals surface area contributed by atoms with Gasteiger partial charge < -0.3 is 15.5 Å². The van der Waals surface area contributed by atoms with Gasteiger partial charge in [-0.25, -0.2) is 22.8 Å². The fourth-order valence-corrected chi connectivity index (χ4v) is 8.18. The lowest BCUT2D eigenvalue weighted by molar-refractivity contribution is -0.137. The van der Waals surface area contributed by atoms with Crippen LogP contribution >= 0.6 is 0 Å². The molecule has 0 spiro atoms. The fraction of sp³-hybridized carbons (Fsp3) is 0.436. The molecule has 3 saturated heterocycles. The number of piperidine rings is 2. The highest BCUT2D eigenvalue weighted by Gasteiger charge is 2.36. The van der Waals surface area contributed by atoms with Gasteiger partial charge in [-0.1, -0.05) is 12.1 Å². The van der Waals surface area contributed by atoms with E-state index < -0.39 is 45.2 Å². The molecule has 314 valence electrons. The van der Waals surface area contributed by atoms with E-state index in [2.05, 4.69) is 50.6 Å². The number of nitrogens with one attached hydrogen (secondary N) is 3. The van der Waals surface area contributed by atoms with Crippen molar-refractivity contribution in [2.24, 2.45) is 0 Å². The number of alkyl halides is 3. The van der Waals surface area contributed by atoms with E-state index in [9.17, 15) is 31.2 Å². The van der Waals surface area contributed by atoms with Crippen LogP contribution in [0.4, 0.5) is 46.5 Å². The van der Waals surface area contributed by atoms with Crippen LogP contribution in [0.5, 0.6) is 0 Å². The third kappa shape index (κ3) is 10.0. The zero-order chi connectivity index (χ0) is 41.9. The molecule has 2 amide bonds. The maximum Gasteiger partial charge on any atom is 0.421 e. The zero-order valence-corrected chi connectivity index (χ0v) is 33.4. The number of carbonyl (C=O) groups excluding carboxylic acids is 2. The third-order valence-corrected chi connectivity index (χ3v) is 12.2. The van der Waals surface area contributed by atoms with Crippen molar-refractivity contribution in [3.8, 4) is 0 Å². The van der Waals surface area contributed by atoms with Gasteiger partial charge in [-0.3, -0.25) is 34.0 Å². The van der Waals surface area contributed by atoms with E-state index in [1.807, 2.05) is 30.3 Å². The minimum atomic E-state index is -4.77. The summed E-state index contributed by atoms with van der Waals surface area (Å²) in [5.41, 5.74) is 1.77. The van der Waals surface area contributed by atoms with Crippen molar-refractivity contribution < 1.29 is 35.6 Å². The summed E-state index contributed by atoms with van der Waals surface area (Å²) in [5.74, 6) is -2.45. The maximum atomic E-state index is 15.1. The highest BCUT2D eigenvalue weighted by Crippen LogP contribution is 2.35. The van der Waals surface area contributed by atoms with Gasteiger partial charge in [0.1, 0.15) is 22.9 Å². The molecular formula is C39H45F4N11O4S. The fourth-order valence-electron chi connectivity index (χ4n) is 7.72. The van der Waals surface area contributed by atoms with Gasteiger partial charge in [0.2, 0.25) is 27.8 Å². The van der Waals surface area contributed by atoms with E-state index in [0.29, 0.717) is 36.5 Å². The monoisotopic (exact) mass is 839 g/mol. The number of aromatic nitrogens is 4. The van der Waals surface area contributed by atoms with E-state index >= 15 is 4.39 Å². The molecule has 3 fully saturated rings. The zero-order valence-electron chi connectivity index (χ0n) is 32.5. The molecule has 5 heterocycles. The molecular weight excluding hydrogens is 795 g/mol. The Balaban J connectivity index is 0.896. The summed E-state index contributed by atoms with van der Waals surface area (Å²) in [6.45, 7) is 5.58. The number of carbonyl (C=O) groups is 2. The van der Waals surface area contributed by atoms with Crippen LogP contribution in [0, 0.1) is 5.82 Å². The van der Waals surface area contributed by atoms with Crippen LogP contribution in [0.15, 0.2) is 61.1 Å². The topological polar surface area (TPSA) is 169 Å². The van der Waals surface area contributed by atoms with Crippen molar-refractivity contribution in [1.82, 2.24) is 35.1 Å². The molecule has 3 aliphatic rings. The third-order valence-electron chi connectivity index (χ3n) is 11.0. The van der Waals surface area contributed by atoms with Crippen LogP contribution in [0.25, 0.3) is 0 Å². The Morgan fingerprint density at radius 2 is 1.64 bits per heavy atom. The second-order valence-corrected chi connectivity index (χ2v) is 16.9. The molecule has 2 aromatic carbocycles. The number of piperazine rings is 1. The van der Waals surface area contributed by atoms with Gasteiger partial charge in [0, 0.05) is 101 Å². The van der Waals surface area contributed by atoms with Crippen molar-refractivity contribution in [1.29, 1.82) is 0 Å². The predicted molar refractivity (Wildman–Crippen MR) is 213 cm³/mol. The second kappa shape index (κ2) is 17.4. The average Bonchev–Trinajstić information content (AvgIpc) is 3.20. The molecule has 3 aliphatic heterocycles. The molecule has 15 nitrogen and oxygen atoms in total. The van der Waals surface area contributed by atoms with Gasteiger partial charge in [-0.2, -0.15) is 18.2 Å². The largest absolute Gasteiger partial charge is 0.421 e. The molecule has 59 heavy (non-hydrogen) atoms. The maximum absolute atomic E-state index is 15.1. The molecule has 4 aromatic rings. The molecule has 20 heteroatoms. The molecule has 3 N–H and O–H groups in total. The van der Waals surface area contributed by atoms with Crippen molar-refractivity contribution in [2.75, 3.05) is 72.4 Å². The molecule has 7 rings (SSSR count). The summed E-state index contributed by atoms with van der Waals surface area (Å²) < 4.78 is 81.9. The van der Waals surface area contributed by atoms with Gasteiger partial charge in [0.25, 0.3) is 0 Å². The summed E-state index contributed by atoms with van der Waals surface area (Å²) in [6, 6.07) is 13.0. The van der Waals surface area contributed by atoms with Crippen molar-refractivity contribution in [3.05, 3.63) is 89.3 Å². The predicted octanol–water partition coefficient (Wildman–Crippen LogP) is 4.48. The second-order valence-electron chi connectivity index (χ2n) is 14.9. The van der Waals surface area contributed by atoms with E-state index in [1.54, 1.807) is 6.07 Å². The number of rotatable bonds is 12. The normalized spacial score (nSPS) is 18.7. The van der Waals surface area contributed by atoms with E-state index in [0.717, 1.165) is 73.9 Å². The van der Waals surface area contributed by atoms with Crippen LogP contribution in [-0.2, 0) is 38.9 Å². The van der Waals surface area contributed by atoms with Gasteiger partial charge in [0.05, 0.1) is 18.7 Å². The first-order chi connectivity index (χ1) is 28.1. The summed E-state index contributed by atoms with van der Waals surface area (Å²) in [5, 5.41) is 7.91. The molecule has 0 radical (unpaired) electrons. The van der Waals surface area contributed by atoms with Crippen LogP contribution in [-0.4, -0.2) is 109 Å². The number of sulfonamides is 1. The number of hydrogen-bond donors (Lipinski definition) is 3. The molecule has 0 bridgehead atoms. The summed E-state index contributed by atoms with van der Waals surface area (Å²) in [4.78, 5) is 47.0. The van der Waals surface area contributed by atoms with E-state index in [-0.39, 0.29) is 36.3 Å². The minimum Gasteiger partial charge on any atom is -0.371 e. The molecule has 0 saturated carbocycles. The van der Waals surface area contributed by atoms with Crippen molar-refractivity contribution >= 4 is 50.8 Å². The van der Waals surface area contributed by atoms with Gasteiger partial charge in [-0.15, -0.1) is 0 Å². The first kappa shape index (κ1) is 41.7. The summed E-state index contributed by atoms with van der Waals surface area (Å²) >= 11 is 0. The van der Waals surface area contributed by atoms with Gasteiger partial charge >= 0.3 is 6.18 Å². The lowest BCUT2D eigenvalue weighted by Crippen LogP contribution is -2.53. The Hall–Kier alpha value is -5.47. The molecule has 1 atom stereocenters. The van der Waals surface area contributed by atoms with E-state index in [4.69, 9.17) is 0 Å². The SMILES string of the molecule is CN(c1nccnc1CNc1nc(Nc2ccc(N3CCC(N4CCN(Cc5ccc(C6CCC(=O)NC6=O)c(F)c5)CC4)CC3)cc2)ncc1C(F)(F)F)S(C)(=O)=O. The number of anilines is 5. The standard InChI is InChI=1S/C39H45F4N11O4S/c1-51(59(2,57)58)36-33(44-13-14-45-36)23-46-35-31(39(41,42)43)22-47-38(50-35)48-26-4-6-27(7-5-26)53-15-11-28(12-16-53)54-19-17-52(18-20-54)24-25-3-8-29(32(40)21-25)30-9-10-34(55)49-37(30)56/h3-8,13-14,21-22,28,30H,9-12,15-20,23-24H2,1-2H3,(H,49,55,56)(H2,46,47,48,50). The lowest BCUT2D eigenvalue weighted by Gasteiger charge is -2.43. The van der Waals surface area contributed by atoms with Crippen molar-refractivity contribution in [3.63, 3.8) is 0 Å².